The summed E-state index contributed by atoms with van der Waals surface area (Å²) in [7, 11) is 0. The molecule has 3 heteroatoms. The molecule has 3 nitrogen and oxygen atoms in total. The molecule has 110 valence electrons. The van der Waals surface area contributed by atoms with E-state index in [1.54, 1.807) is 0 Å². The third kappa shape index (κ3) is 4.97. The van der Waals surface area contributed by atoms with E-state index >= 15 is 0 Å². The number of hydrogen-bond acceptors (Lipinski definition) is 2. The van der Waals surface area contributed by atoms with Crippen LogP contribution in [0, 0.1) is 19.8 Å². The molecule has 1 fully saturated rings. The van der Waals surface area contributed by atoms with Crippen LogP contribution < -0.4 is 5.32 Å². The molecule has 0 spiro atoms. The fourth-order valence-corrected chi connectivity index (χ4v) is 2.67. The lowest BCUT2D eigenvalue weighted by molar-refractivity contribution is -0.117. The highest BCUT2D eigenvalue weighted by Crippen LogP contribution is 2.29. The van der Waals surface area contributed by atoms with E-state index in [4.69, 9.17) is 0 Å². The fourth-order valence-electron chi connectivity index (χ4n) is 2.67. The smallest absolute Gasteiger partial charge is 0.238 e. The number of anilines is 1. The van der Waals surface area contributed by atoms with Gasteiger partial charge < -0.3 is 5.32 Å². The van der Waals surface area contributed by atoms with Crippen molar-refractivity contribution in [3.05, 3.63) is 29.3 Å². The lowest BCUT2D eigenvalue weighted by Crippen LogP contribution is -2.35. The second-order valence-corrected chi connectivity index (χ2v) is 6.10. The standard InChI is InChI=1S/C17H26N2O/c1-4-7-19(11-15-5-6-15)12-17(20)18-16-9-13(2)8-14(3)10-16/h8-10,15H,4-7,11-12H2,1-3H3,(H,18,20). The summed E-state index contributed by atoms with van der Waals surface area (Å²) in [5.41, 5.74) is 3.28. The molecule has 0 bridgehead atoms. The Balaban J connectivity index is 1.88. The predicted octanol–water partition coefficient (Wildman–Crippen LogP) is 3.36. The Morgan fingerprint density at radius 2 is 1.90 bits per heavy atom. The van der Waals surface area contributed by atoms with E-state index in [2.05, 4.69) is 37.1 Å². The number of benzene rings is 1. The summed E-state index contributed by atoms with van der Waals surface area (Å²) in [6, 6.07) is 6.16. The summed E-state index contributed by atoms with van der Waals surface area (Å²) >= 11 is 0. The number of carbonyl (C=O) groups is 1. The molecule has 0 aliphatic heterocycles. The van der Waals surface area contributed by atoms with Crippen molar-refractivity contribution in [2.75, 3.05) is 25.0 Å². The monoisotopic (exact) mass is 274 g/mol. The van der Waals surface area contributed by atoms with E-state index in [0.29, 0.717) is 6.54 Å². The highest BCUT2D eigenvalue weighted by atomic mass is 16.2. The zero-order valence-corrected chi connectivity index (χ0v) is 12.9. The first-order chi connectivity index (χ1) is 9.56. The predicted molar refractivity (Wildman–Crippen MR) is 84.0 cm³/mol. The van der Waals surface area contributed by atoms with Gasteiger partial charge in [0.2, 0.25) is 5.91 Å². The molecule has 1 aromatic rings. The van der Waals surface area contributed by atoms with Crippen molar-refractivity contribution in [1.29, 1.82) is 0 Å². The molecule has 0 radical (unpaired) electrons. The maximum Gasteiger partial charge on any atom is 0.238 e. The van der Waals surface area contributed by atoms with Crippen LogP contribution in [0.1, 0.15) is 37.3 Å². The third-order valence-electron chi connectivity index (χ3n) is 3.63. The SMILES string of the molecule is CCCN(CC(=O)Nc1cc(C)cc(C)c1)CC1CC1. The van der Waals surface area contributed by atoms with Crippen molar-refractivity contribution >= 4 is 11.6 Å². The van der Waals surface area contributed by atoms with Gasteiger partial charge in [0.1, 0.15) is 0 Å². The molecule has 20 heavy (non-hydrogen) atoms. The van der Waals surface area contributed by atoms with Crippen LogP contribution in [0.25, 0.3) is 0 Å². The largest absolute Gasteiger partial charge is 0.325 e. The number of carbonyl (C=O) groups excluding carboxylic acids is 1. The van der Waals surface area contributed by atoms with Crippen molar-refractivity contribution < 1.29 is 4.79 Å². The minimum atomic E-state index is 0.101. The molecule has 1 N–H and O–H groups in total. The van der Waals surface area contributed by atoms with Crippen LogP contribution >= 0.6 is 0 Å². The highest BCUT2D eigenvalue weighted by molar-refractivity contribution is 5.92. The second kappa shape index (κ2) is 6.89. The average molecular weight is 274 g/mol. The summed E-state index contributed by atoms with van der Waals surface area (Å²) in [6.45, 7) is 8.88. The number of nitrogens with zero attached hydrogens (tertiary/aromatic N) is 1. The Kier molecular flexibility index (Phi) is 5.18. The molecule has 1 saturated carbocycles. The second-order valence-electron chi connectivity index (χ2n) is 6.10. The van der Waals surface area contributed by atoms with Crippen LogP contribution in [-0.2, 0) is 4.79 Å². The van der Waals surface area contributed by atoms with Gasteiger partial charge in [0.25, 0.3) is 0 Å². The van der Waals surface area contributed by atoms with Gasteiger partial charge >= 0.3 is 0 Å². The van der Waals surface area contributed by atoms with Crippen molar-refractivity contribution in [2.45, 2.75) is 40.0 Å². The molecule has 0 unspecified atom stereocenters. The number of aryl methyl sites for hydroxylation is 2. The van der Waals surface area contributed by atoms with E-state index in [9.17, 15) is 4.79 Å². The maximum absolute atomic E-state index is 12.2. The van der Waals surface area contributed by atoms with Crippen LogP contribution in [0.5, 0.6) is 0 Å². The van der Waals surface area contributed by atoms with Crippen LogP contribution in [0.4, 0.5) is 5.69 Å². The van der Waals surface area contributed by atoms with Crippen molar-refractivity contribution in [1.82, 2.24) is 4.90 Å². The van der Waals surface area contributed by atoms with Gasteiger partial charge in [-0.05, 0) is 68.8 Å². The van der Waals surface area contributed by atoms with Crippen LogP contribution in [-0.4, -0.2) is 30.4 Å². The normalized spacial score (nSPS) is 14.6. The third-order valence-corrected chi connectivity index (χ3v) is 3.63. The molecule has 0 atom stereocenters. The Morgan fingerprint density at radius 3 is 2.45 bits per heavy atom. The van der Waals surface area contributed by atoms with Gasteiger partial charge in [-0.25, -0.2) is 0 Å². The first-order valence-electron chi connectivity index (χ1n) is 7.67. The summed E-state index contributed by atoms with van der Waals surface area (Å²) in [5.74, 6) is 0.930. The molecule has 0 saturated heterocycles. The molecule has 1 aliphatic carbocycles. The molecular formula is C17H26N2O. The lowest BCUT2D eigenvalue weighted by Gasteiger charge is -2.21. The molecule has 1 aliphatic rings. The van der Waals surface area contributed by atoms with Gasteiger partial charge in [-0.3, -0.25) is 9.69 Å². The lowest BCUT2D eigenvalue weighted by atomic mass is 10.1. The number of rotatable bonds is 7. The van der Waals surface area contributed by atoms with Gasteiger partial charge in [-0.2, -0.15) is 0 Å². The Hall–Kier alpha value is -1.35. The van der Waals surface area contributed by atoms with Crippen LogP contribution in [0.2, 0.25) is 0 Å². The van der Waals surface area contributed by atoms with E-state index in [1.807, 2.05) is 12.1 Å². The zero-order chi connectivity index (χ0) is 14.5. The summed E-state index contributed by atoms with van der Waals surface area (Å²) in [6.07, 6.45) is 3.77. The summed E-state index contributed by atoms with van der Waals surface area (Å²) in [5, 5.41) is 3.03. The van der Waals surface area contributed by atoms with Gasteiger partial charge in [0, 0.05) is 12.2 Å². The van der Waals surface area contributed by atoms with Crippen LogP contribution in [0.15, 0.2) is 18.2 Å². The first-order valence-corrected chi connectivity index (χ1v) is 7.67. The molecule has 0 heterocycles. The quantitative estimate of drug-likeness (QED) is 0.827. The van der Waals surface area contributed by atoms with Crippen LogP contribution in [0.3, 0.4) is 0 Å². The average Bonchev–Trinajstić information content (AvgIpc) is 3.11. The topological polar surface area (TPSA) is 32.3 Å². The fraction of sp³-hybridized carbons (Fsp3) is 0.588. The minimum absolute atomic E-state index is 0.101. The highest BCUT2D eigenvalue weighted by Gasteiger charge is 2.24. The van der Waals surface area contributed by atoms with Gasteiger partial charge in [-0.1, -0.05) is 13.0 Å². The Labute approximate surface area is 122 Å². The van der Waals surface area contributed by atoms with Crippen molar-refractivity contribution in [3.8, 4) is 0 Å². The molecular weight excluding hydrogens is 248 g/mol. The summed E-state index contributed by atoms with van der Waals surface area (Å²) in [4.78, 5) is 14.5. The molecule has 2 rings (SSSR count). The van der Waals surface area contributed by atoms with E-state index in [1.165, 1.54) is 24.0 Å². The summed E-state index contributed by atoms with van der Waals surface area (Å²) < 4.78 is 0. The number of hydrogen-bond donors (Lipinski definition) is 1. The zero-order valence-electron chi connectivity index (χ0n) is 12.9. The van der Waals surface area contributed by atoms with Gasteiger partial charge in [0.05, 0.1) is 6.54 Å². The van der Waals surface area contributed by atoms with Gasteiger partial charge in [0.15, 0.2) is 0 Å². The Morgan fingerprint density at radius 1 is 1.25 bits per heavy atom. The van der Waals surface area contributed by atoms with E-state index in [0.717, 1.165) is 31.1 Å². The molecule has 0 aromatic heterocycles. The van der Waals surface area contributed by atoms with Gasteiger partial charge in [-0.15, -0.1) is 0 Å². The van der Waals surface area contributed by atoms with E-state index in [-0.39, 0.29) is 5.91 Å². The van der Waals surface area contributed by atoms with E-state index < -0.39 is 0 Å². The van der Waals surface area contributed by atoms with Crippen molar-refractivity contribution in [2.24, 2.45) is 5.92 Å². The molecule has 1 aromatic carbocycles. The maximum atomic E-state index is 12.2. The Bertz CT molecular complexity index is 446. The molecule has 1 amide bonds. The van der Waals surface area contributed by atoms with Crippen molar-refractivity contribution in [3.63, 3.8) is 0 Å². The number of amides is 1. The first kappa shape index (κ1) is 15.0. The number of nitrogens with one attached hydrogen (secondary N) is 1. The minimum Gasteiger partial charge on any atom is -0.325 e.